The molecule has 0 unspecified atom stereocenters. The number of aromatic nitrogens is 1. The van der Waals surface area contributed by atoms with Crippen LogP contribution >= 0.6 is 35.0 Å². The first-order valence-electron chi connectivity index (χ1n) is 12.1. The molecule has 1 aromatic rings. The molecule has 0 bridgehead atoms. The quantitative estimate of drug-likeness (QED) is 0.0512. The number of carbonyl (C=O) groups is 5. The van der Waals surface area contributed by atoms with E-state index < -0.39 is 41.1 Å². The summed E-state index contributed by atoms with van der Waals surface area (Å²) in [4.78, 5) is 72.9. The molecule has 1 fully saturated rings. The van der Waals surface area contributed by atoms with Gasteiger partial charge in [0.2, 0.25) is 0 Å². The molecule has 20 heteroatoms. The molecule has 1 saturated heterocycles. The number of oxime groups is 1. The highest BCUT2D eigenvalue weighted by Gasteiger charge is 2.54. The SMILES string of the molecule is CCOC(=O)C1=CNC2=CN(SCC3=C(C(=O)O)N4C(=O)[C@@H](NC(=O)/C(=N\OC)c5csc(N)n5)[C@H]4SC3)NN2C1=O. The van der Waals surface area contributed by atoms with Gasteiger partial charge >= 0.3 is 11.9 Å². The van der Waals surface area contributed by atoms with Gasteiger partial charge in [-0.2, -0.15) is 0 Å². The number of fused-ring (bicyclic) bond motifs is 2. The molecule has 0 aliphatic carbocycles. The smallest absolute Gasteiger partial charge is 0.352 e. The molecule has 5 heterocycles. The van der Waals surface area contributed by atoms with Crippen LogP contribution < -0.4 is 21.9 Å². The minimum atomic E-state index is -1.29. The lowest BCUT2D eigenvalue weighted by molar-refractivity contribution is -0.150. The first-order valence-corrected chi connectivity index (χ1v) is 14.9. The van der Waals surface area contributed by atoms with Gasteiger partial charge in [0.15, 0.2) is 10.8 Å². The molecule has 17 nitrogen and oxygen atoms in total. The number of carboxylic acids is 1. The van der Waals surface area contributed by atoms with Crippen molar-refractivity contribution in [2.24, 2.45) is 5.16 Å². The van der Waals surface area contributed by atoms with Crippen molar-refractivity contribution in [1.82, 2.24) is 35.5 Å². The van der Waals surface area contributed by atoms with Gasteiger partial charge in [0, 0.05) is 23.1 Å². The highest BCUT2D eigenvalue weighted by atomic mass is 32.2. The van der Waals surface area contributed by atoms with Gasteiger partial charge < -0.3 is 31.0 Å². The highest BCUT2D eigenvalue weighted by molar-refractivity contribution is 8.00. The van der Waals surface area contributed by atoms with Crippen LogP contribution in [-0.2, 0) is 33.5 Å². The number of β-lactam (4-membered cyclic amide) rings is 1. The Morgan fingerprint density at radius 2 is 2.14 bits per heavy atom. The molecule has 3 amide bonds. The zero-order valence-electron chi connectivity index (χ0n) is 21.9. The topological polar surface area (TPSA) is 221 Å². The number of hydrogen-bond acceptors (Lipinski definition) is 16. The number of amides is 3. The maximum Gasteiger partial charge on any atom is 0.352 e. The van der Waals surface area contributed by atoms with E-state index in [0.717, 1.165) is 33.2 Å². The van der Waals surface area contributed by atoms with Gasteiger partial charge in [0.05, 0.1) is 12.8 Å². The monoisotopic (exact) mass is 637 g/mol. The number of carbonyl (C=O) groups excluding carboxylic acids is 4. The maximum atomic E-state index is 13.1. The van der Waals surface area contributed by atoms with Crippen LogP contribution in [0.25, 0.3) is 0 Å². The van der Waals surface area contributed by atoms with Crippen LogP contribution in [0.3, 0.4) is 0 Å². The Bertz CT molecular complexity index is 1490. The molecule has 222 valence electrons. The lowest BCUT2D eigenvalue weighted by Gasteiger charge is -2.49. The van der Waals surface area contributed by atoms with E-state index in [4.69, 9.17) is 15.3 Å². The molecule has 0 aromatic carbocycles. The predicted molar refractivity (Wildman–Crippen MR) is 150 cm³/mol. The average molecular weight is 638 g/mol. The molecule has 2 atom stereocenters. The van der Waals surface area contributed by atoms with Crippen LogP contribution in [0.5, 0.6) is 0 Å². The summed E-state index contributed by atoms with van der Waals surface area (Å²) in [6.45, 7) is 1.74. The van der Waals surface area contributed by atoms with Crippen molar-refractivity contribution in [3.63, 3.8) is 0 Å². The number of hydrogen-bond donors (Lipinski definition) is 5. The maximum absolute atomic E-state index is 13.1. The Balaban J connectivity index is 1.23. The third-order valence-corrected chi connectivity index (χ3v) is 9.01. The first kappa shape index (κ1) is 29.2. The van der Waals surface area contributed by atoms with Crippen molar-refractivity contribution >= 4 is 75.5 Å². The molecule has 0 spiro atoms. The normalized spacial score (nSPS) is 21.6. The number of hydrazine groups is 2. The van der Waals surface area contributed by atoms with Crippen LogP contribution in [0, 0.1) is 0 Å². The molecule has 5 rings (SSSR count). The zero-order valence-corrected chi connectivity index (χ0v) is 24.3. The molecule has 0 saturated carbocycles. The Labute approximate surface area is 249 Å². The van der Waals surface area contributed by atoms with E-state index in [9.17, 15) is 29.1 Å². The molecule has 4 aliphatic heterocycles. The number of thioether (sulfide) groups is 1. The number of rotatable bonds is 10. The Morgan fingerprint density at radius 1 is 1.36 bits per heavy atom. The number of esters is 1. The lowest BCUT2D eigenvalue weighted by Crippen LogP contribution is -2.71. The number of nitrogen functional groups attached to an aromatic ring is 1. The fourth-order valence-electron chi connectivity index (χ4n) is 4.20. The minimum Gasteiger partial charge on any atom is -0.477 e. The van der Waals surface area contributed by atoms with Crippen LogP contribution in [0.2, 0.25) is 0 Å². The number of nitrogens with zero attached hydrogens (tertiary/aromatic N) is 5. The van der Waals surface area contributed by atoms with Crippen LogP contribution in [0.1, 0.15) is 12.6 Å². The van der Waals surface area contributed by atoms with Crippen molar-refractivity contribution in [2.75, 3.05) is 31.0 Å². The van der Waals surface area contributed by atoms with Gasteiger partial charge in [0.1, 0.15) is 41.3 Å². The summed E-state index contributed by atoms with van der Waals surface area (Å²) in [5, 5.41) is 21.3. The third kappa shape index (κ3) is 5.35. The summed E-state index contributed by atoms with van der Waals surface area (Å²) in [5.74, 6) is -3.25. The second kappa shape index (κ2) is 11.9. The molecule has 42 heavy (non-hydrogen) atoms. The molecular formula is C22H23N9O8S3. The largest absolute Gasteiger partial charge is 0.477 e. The fraction of sp³-hybridized carbons (Fsp3) is 0.318. The predicted octanol–water partition coefficient (Wildman–Crippen LogP) is -1.12. The molecule has 6 N–H and O–H groups in total. The number of anilines is 1. The summed E-state index contributed by atoms with van der Waals surface area (Å²) in [7, 11) is 1.26. The summed E-state index contributed by atoms with van der Waals surface area (Å²) in [5.41, 5.74) is 8.54. The number of thiazole rings is 1. The van der Waals surface area contributed by atoms with Crippen molar-refractivity contribution in [3.05, 3.63) is 46.1 Å². The summed E-state index contributed by atoms with van der Waals surface area (Å²) >= 11 is 3.53. The standard InChI is InChI=1S/C22H23N9O8S3/c1-3-39-21(37)10-4-24-12-5-29(28-31(12)17(10)33)42-7-9-6-40-19-14(18(34)30(19)15(9)20(35)36)26-16(32)13(27-38-2)11-8-41-22(23)25-11/h4-5,8,14,19,24,28H,3,6-7H2,1-2H3,(H2,23,25)(H,26,32)(H,35,36)/b27-13-/t14-,19-/m1/s1. The number of aliphatic carboxylic acids is 1. The second-order valence-corrected chi connectivity index (χ2v) is 11.5. The van der Waals surface area contributed by atoms with Crippen LogP contribution in [-0.4, -0.2) is 96.4 Å². The van der Waals surface area contributed by atoms with E-state index in [-0.39, 0.29) is 45.9 Å². The lowest BCUT2D eigenvalue weighted by atomic mass is 10.0. The third-order valence-electron chi connectivity index (χ3n) is 6.05. The second-order valence-electron chi connectivity index (χ2n) is 8.59. The van der Waals surface area contributed by atoms with Gasteiger partial charge in [-0.1, -0.05) is 5.16 Å². The number of carboxylic acid groups (broad SMARTS) is 1. The van der Waals surface area contributed by atoms with Crippen molar-refractivity contribution in [3.8, 4) is 0 Å². The van der Waals surface area contributed by atoms with Gasteiger partial charge in [-0.15, -0.1) is 28.6 Å². The highest BCUT2D eigenvalue weighted by Crippen LogP contribution is 2.41. The minimum absolute atomic E-state index is 0.110. The van der Waals surface area contributed by atoms with Gasteiger partial charge in [-0.05, 0) is 24.4 Å². The number of ether oxygens (including phenoxy) is 1. The first-order chi connectivity index (χ1) is 20.1. The molecule has 1 aromatic heterocycles. The average Bonchev–Trinajstić information content (AvgIpc) is 3.59. The molecular weight excluding hydrogens is 614 g/mol. The van der Waals surface area contributed by atoms with E-state index in [2.05, 4.69) is 26.3 Å². The summed E-state index contributed by atoms with van der Waals surface area (Å²) in [6.07, 6.45) is 2.80. The van der Waals surface area contributed by atoms with Crippen molar-refractivity contribution < 1.29 is 38.7 Å². The van der Waals surface area contributed by atoms with E-state index in [1.807, 2.05) is 0 Å². The van der Waals surface area contributed by atoms with Gasteiger partial charge in [-0.3, -0.25) is 19.3 Å². The molecule has 0 radical (unpaired) electrons. The van der Waals surface area contributed by atoms with E-state index >= 15 is 0 Å². The molecule has 4 aliphatic rings. The summed E-state index contributed by atoms with van der Waals surface area (Å²) < 4.78 is 6.36. The zero-order chi connectivity index (χ0) is 30.1. The Morgan fingerprint density at radius 3 is 2.81 bits per heavy atom. The number of nitrogens with one attached hydrogen (secondary N) is 3. The van der Waals surface area contributed by atoms with E-state index in [0.29, 0.717) is 11.4 Å². The van der Waals surface area contributed by atoms with Crippen molar-refractivity contribution in [1.29, 1.82) is 0 Å². The van der Waals surface area contributed by atoms with E-state index in [1.165, 1.54) is 34.9 Å². The fourth-order valence-corrected chi connectivity index (χ4v) is 7.07. The Hall–Kier alpha value is -4.27. The Kier molecular flexibility index (Phi) is 8.29. The van der Waals surface area contributed by atoms with Crippen LogP contribution in [0.15, 0.2) is 45.6 Å². The van der Waals surface area contributed by atoms with Crippen molar-refractivity contribution in [2.45, 2.75) is 18.3 Å². The van der Waals surface area contributed by atoms with E-state index in [1.54, 1.807) is 13.1 Å². The number of nitrogens with two attached hydrogens (primary N) is 1. The van der Waals surface area contributed by atoms with Crippen LogP contribution in [0.4, 0.5) is 5.13 Å². The van der Waals surface area contributed by atoms with Gasteiger partial charge in [0.25, 0.3) is 17.7 Å². The summed E-state index contributed by atoms with van der Waals surface area (Å²) in [6, 6.07) is -0.997. The van der Waals surface area contributed by atoms with Gasteiger partial charge in [-0.25, -0.2) is 24.0 Å².